The number of hydrogen-bond acceptors (Lipinski definition) is 4. The first kappa shape index (κ1) is 14.9. The van der Waals surface area contributed by atoms with Crippen LogP contribution in [-0.2, 0) is 10.0 Å². The quantitative estimate of drug-likeness (QED) is 0.882. The van der Waals surface area contributed by atoms with Gasteiger partial charge in [-0.2, -0.15) is 9.57 Å². The van der Waals surface area contributed by atoms with Crippen LogP contribution in [0.3, 0.4) is 0 Å². The zero-order chi connectivity index (χ0) is 14.9. The molecule has 0 amide bonds. The molecule has 2 rings (SSSR count). The van der Waals surface area contributed by atoms with E-state index in [0.717, 1.165) is 29.3 Å². The van der Waals surface area contributed by atoms with Crippen molar-refractivity contribution in [2.24, 2.45) is 5.92 Å². The van der Waals surface area contributed by atoms with Gasteiger partial charge in [0.25, 0.3) is 0 Å². The molecular formula is C13H15FN2O3S. The van der Waals surface area contributed by atoms with Gasteiger partial charge in [-0.1, -0.05) is 0 Å². The van der Waals surface area contributed by atoms with Crippen molar-refractivity contribution >= 4 is 10.0 Å². The summed E-state index contributed by atoms with van der Waals surface area (Å²) in [5.74, 6) is -0.824. The van der Waals surface area contributed by atoms with E-state index in [1.54, 1.807) is 6.07 Å². The van der Waals surface area contributed by atoms with Gasteiger partial charge >= 0.3 is 0 Å². The second-order valence-electron chi connectivity index (χ2n) is 4.95. The summed E-state index contributed by atoms with van der Waals surface area (Å²) in [4.78, 5) is -0.484. The van der Waals surface area contributed by atoms with Gasteiger partial charge in [-0.3, -0.25) is 0 Å². The molecule has 1 aliphatic rings. The minimum absolute atomic E-state index is 0.0575. The van der Waals surface area contributed by atoms with Gasteiger partial charge in [-0.25, -0.2) is 12.8 Å². The van der Waals surface area contributed by atoms with Crippen LogP contribution in [0, 0.1) is 23.1 Å². The highest BCUT2D eigenvalue weighted by Gasteiger charge is 2.33. The third-order valence-electron chi connectivity index (χ3n) is 3.36. The summed E-state index contributed by atoms with van der Waals surface area (Å²) in [6, 6.07) is 4.95. The second-order valence-corrected chi connectivity index (χ2v) is 6.96. The number of aliphatic hydroxyl groups is 1. The number of halogens is 1. The van der Waals surface area contributed by atoms with E-state index in [2.05, 4.69) is 0 Å². The Kier molecular flexibility index (Phi) is 4.09. The zero-order valence-corrected chi connectivity index (χ0v) is 11.8. The Morgan fingerprint density at radius 3 is 2.70 bits per heavy atom. The first-order valence-electron chi connectivity index (χ1n) is 6.20. The van der Waals surface area contributed by atoms with Gasteiger partial charge in [0, 0.05) is 13.6 Å². The lowest BCUT2D eigenvalue weighted by Crippen LogP contribution is -2.35. The molecule has 1 fully saturated rings. The summed E-state index contributed by atoms with van der Waals surface area (Å²) in [6.07, 6.45) is 1.05. The van der Waals surface area contributed by atoms with E-state index in [-0.39, 0.29) is 18.0 Å². The summed E-state index contributed by atoms with van der Waals surface area (Å²) in [6.45, 7) is -0.0631. The van der Waals surface area contributed by atoms with Gasteiger partial charge in [0.1, 0.15) is 10.7 Å². The number of likely N-dealkylation sites (N-methyl/N-ethyl adjacent to an activating group) is 1. The van der Waals surface area contributed by atoms with Crippen LogP contribution in [0.25, 0.3) is 0 Å². The molecule has 0 heterocycles. The topological polar surface area (TPSA) is 81.4 Å². The van der Waals surface area contributed by atoms with Gasteiger partial charge in [-0.05, 0) is 37.0 Å². The third kappa shape index (κ3) is 2.98. The average Bonchev–Trinajstić information content (AvgIpc) is 3.22. The van der Waals surface area contributed by atoms with Crippen LogP contribution in [-0.4, -0.2) is 37.5 Å². The van der Waals surface area contributed by atoms with Crippen LogP contribution in [0.5, 0.6) is 0 Å². The van der Waals surface area contributed by atoms with Crippen LogP contribution >= 0.6 is 0 Å². The smallest absolute Gasteiger partial charge is 0.245 e. The molecule has 20 heavy (non-hydrogen) atoms. The molecule has 0 radical (unpaired) electrons. The molecule has 1 aromatic carbocycles. The number of rotatable bonds is 5. The van der Waals surface area contributed by atoms with Crippen LogP contribution in [0.2, 0.25) is 0 Å². The first-order chi connectivity index (χ1) is 9.36. The SMILES string of the molecule is CN(CC(O)C1CC1)S(=O)(=O)c1ccc(C#N)cc1F. The third-order valence-corrected chi connectivity index (χ3v) is 5.22. The molecular weight excluding hydrogens is 283 g/mol. The molecule has 1 aromatic rings. The van der Waals surface area contributed by atoms with Gasteiger partial charge in [-0.15, -0.1) is 0 Å². The molecule has 5 nitrogen and oxygen atoms in total. The highest BCUT2D eigenvalue weighted by molar-refractivity contribution is 7.89. The summed E-state index contributed by atoms with van der Waals surface area (Å²) in [7, 11) is -2.70. The number of hydrogen-bond donors (Lipinski definition) is 1. The summed E-state index contributed by atoms with van der Waals surface area (Å²) in [5.41, 5.74) is 0.0575. The minimum Gasteiger partial charge on any atom is -0.391 e. The Morgan fingerprint density at radius 2 is 2.20 bits per heavy atom. The van der Waals surface area contributed by atoms with Gasteiger partial charge < -0.3 is 5.11 Å². The lowest BCUT2D eigenvalue weighted by Gasteiger charge is -2.20. The van der Waals surface area contributed by atoms with Crippen molar-refractivity contribution in [1.82, 2.24) is 4.31 Å². The van der Waals surface area contributed by atoms with Crippen molar-refractivity contribution < 1.29 is 17.9 Å². The lowest BCUT2D eigenvalue weighted by atomic mass is 10.2. The van der Waals surface area contributed by atoms with Crippen LogP contribution in [0.1, 0.15) is 18.4 Å². The molecule has 108 valence electrons. The fraction of sp³-hybridized carbons (Fsp3) is 0.462. The molecule has 1 unspecified atom stereocenters. The Labute approximate surface area is 117 Å². The molecule has 1 saturated carbocycles. The van der Waals surface area contributed by atoms with Crippen molar-refractivity contribution in [3.05, 3.63) is 29.6 Å². The van der Waals surface area contributed by atoms with Crippen LogP contribution in [0.15, 0.2) is 23.1 Å². The largest absolute Gasteiger partial charge is 0.391 e. The maximum absolute atomic E-state index is 13.8. The Bertz CT molecular complexity index is 650. The fourth-order valence-corrected chi connectivity index (χ4v) is 3.17. The summed E-state index contributed by atoms with van der Waals surface area (Å²) in [5, 5.41) is 18.4. The molecule has 0 spiro atoms. The zero-order valence-electron chi connectivity index (χ0n) is 11.0. The second kappa shape index (κ2) is 5.48. The Hall–Kier alpha value is -1.49. The maximum Gasteiger partial charge on any atom is 0.245 e. The number of nitrogens with zero attached hydrogens (tertiary/aromatic N) is 2. The monoisotopic (exact) mass is 298 g/mol. The molecule has 1 N–H and O–H groups in total. The van der Waals surface area contributed by atoms with E-state index < -0.39 is 26.8 Å². The molecule has 0 aromatic heterocycles. The first-order valence-corrected chi connectivity index (χ1v) is 7.64. The molecule has 1 aliphatic carbocycles. The van der Waals surface area contributed by atoms with Crippen molar-refractivity contribution in [3.63, 3.8) is 0 Å². The van der Waals surface area contributed by atoms with E-state index in [1.165, 1.54) is 13.1 Å². The number of nitriles is 1. The predicted molar refractivity (Wildman–Crippen MR) is 69.7 cm³/mol. The number of benzene rings is 1. The van der Waals surface area contributed by atoms with E-state index in [4.69, 9.17) is 5.26 Å². The predicted octanol–water partition coefficient (Wildman–Crippen LogP) is 1.09. The van der Waals surface area contributed by atoms with E-state index in [9.17, 15) is 17.9 Å². The van der Waals surface area contributed by atoms with E-state index >= 15 is 0 Å². The molecule has 7 heteroatoms. The molecule has 1 atom stereocenters. The van der Waals surface area contributed by atoms with Crippen molar-refractivity contribution in [2.75, 3.05) is 13.6 Å². The highest BCUT2D eigenvalue weighted by atomic mass is 32.2. The summed E-state index contributed by atoms with van der Waals surface area (Å²) >= 11 is 0. The molecule has 0 saturated heterocycles. The number of sulfonamides is 1. The molecule has 0 aliphatic heterocycles. The fourth-order valence-electron chi connectivity index (χ4n) is 1.94. The Balaban J connectivity index is 2.23. The van der Waals surface area contributed by atoms with Gasteiger partial charge in [0.05, 0.1) is 17.7 Å². The van der Waals surface area contributed by atoms with Crippen molar-refractivity contribution in [3.8, 4) is 6.07 Å². The lowest BCUT2D eigenvalue weighted by molar-refractivity contribution is 0.131. The highest BCUT2D eigenvalue weighted by Crippen LogP contribution is 2.33. The van der Waals surface area contributed by atoms with Gasteiger partial charge in [0.2, 0.25) is 10.0 Å². The normalized spacial score (nSPS) is 16.9. The van der Waals surface area contributed by atoms with Crippen LogP contribution in [0.4, 0.5) is 4.39 Å². The number of aliphatic hydroxyl groups excluding tert-OH is 1. The van der Waals surface area contributed by atoms with Crippen molar-refractivity contribution in [2.45, 2.75) is 23.8 Å². The van der Waals surface area contributed by atoms with E-state index in [1.807, 2.05) is 0 Å². The summed E-state index contributed by atoms with van der Waals surface area (Å²) < 4.78 is 39.2. The van der Waals surface area contributed by atoms with E-state index in [0.29, 0.717) is 0 Å². The minimum atomic E-state index is -4.01. The Morgan fingerprint density at radius 1 is 1.55 bits per heavy atom. The van der Waals surface area contributed by atoms with Gasteiger partial charge in [0.15, 0.2) is 0 Å². The standard InChI is InChI=1S/C13H15FN2O3S/c1-16(8-12(17)10-3-4-10)20(18,19)13-5-2-9(7-15)6-11(13)14/h2,5-6,10,12,17H,3-4,8H2,1H3. The van der Waals surface area contributed by atoms with Crippen LogP contribution < -0.4 is 0 Å². The van der Waals surface area contributed by atoms with Crippen molar-refractivity contribution in [1.29, 1.82) is 5.26 Å². The maximum atomic E-state index is 13.8. The average molecular weight is 298 g/mol. The molecule has 0 bridgehead atoms.